The first kappa shape index (κ1) is 9.32. The first-order chi connectivity index (χ1) is 5.65. The van der Waals surface area contributed by atoms with Crippen LogP contribution in [0.5, 0.6) is 0 Å². The van der Waals surface area contributed by atoms with Gasteiger partial charge in [0.15, 0.2) is 0 Å². The average Bonchev–Trinajstić information content (AvgIpc) is 2.08. The number of benzene rings is 1. The van der Waals surface area contributed by atoms with Crippen molar-refractivity contribution in [1.82, 2.24) is 5.48 Å². The van der Waals surface area contributed by atoms with Crippen LogP contribution in [0.3, 0.4) is 0 Å². The summed E-state index contributed by atoms with van der Waals surface area (Å²) in [6.45, 7) is 0. The van der Waals surface area contributed by atoms with Gasteiger partial charge in [-0.05, 0) is 18.2 Å². The lowest BCUT2D eigenvalue weighted by molar-refractivity contribution is 0.0706. The Bertz CT molecular complexity index is 314. The lowest BCUT2D eigenvalue weighted by Crippen LogP contribution is -2.18. The number of carbonyl (C=O) groups excluding carboxylic acids is 1. The molecule has 1 aromatic rings. The van der Waals surface area contributed by atoms with Gasteiger partial charge >= 0.3 is 0 Å². The summed E-state index contributed by atoms with van der Waals surface area (Å²) in [5.41, 5.74) is 1.61. The van der Waals surface area contributed by atoms with Crippen LogP contribution in [0.1, 0.15) is 10.4 Å². The van der Waals surface area contributed by atoms with E-state index < -0.39 is 5.91 Å². The highest BCUT2D eigenvalue weighted by atomic mass is 35.5. The Kier molecular flexibility index (Phi) is 2.92. The van der Waals surface area contributed by atoms with Crippen molar-refractivity contribution < 1.29 is 10.0 Å². The molecule has 2 N–H and O–H groups in total. The van der Waals surface area contributed by atoms with Crippen LogP contribution in [-0.2, 0) is 0 Å². The first-order valence-corrected chi connectivity index (χ1v) is 3.80. The molecule has 12 heavy (non-hydrogen) atoms. The van der Waals surface area contributed by atoms with Gasteiger partial charge in [-0.3, -0.25) is 10.0 Å². The number of hydroxylamine groups is 1. The van der Waals surface area contributed by atoms with Gasteiger partial charge in [0.05, 0.1) is 10.6 Å². The molecule has 1 rings (SSSR count). The highest BCUT2D eigenvalue weighted by molar-refractivity contribution is 6.35. The topological polar surface area (TPSA) is 49.3 Å². The highest BCUT2D eigenvalue weighted by Crippen LogP contribution is 2.20. The molecule has 5 heteroatoms. The second-order valence-corrected chi connectivity index (χ2v) is 2.91. The summed E-state index contributed by atoms with van der Waals surface area (Å²) >= 11 is 11.2. The highest BCUT2D eigenvalue weighted by Gasteiger charge is 2.08. The van der Waals surface area contributed by atoms with Gasteiger partial charge in [0.25, 0.3) is 5.91 Å². The third kappa shape index (κ3) is 1.88. The fourth-order valence-electron chi connectivity index (χ4n) is 0.732. The maximum Gasteiger partial charge on any atom is 0.276 e. The van der Waals surface area contributed by atoms with E-state index in [1.165, 1.54) is 17.6 Å². The largest absolute Gasteiger partial charge is 0.288 e. The summed E-state index contributed by atoms with van der Waals surface area (Å²) in [4.78, 5) is 10.9. The van der Waals surface area contributed by atoms with Crippen molar-refractivity contribution in [2.45, 2.75) is 0 Å². The maximum absolute atomic E-state index is 10.9. The van der Waals surface area contributed by atoms with Crippen molar-refractivity contribution in [3.8, 4) is 0 Å². The molecule has 0 aliphatic rings. The van der Waals surface area contributed by atoms with Gasteiger partial charge in [-0.25, -0.2) is 5.48 Å². The van der Waals surface area contributed by atoms with Crippen LogP contribution < -0.4 is 5.48 Å². The van der Waals surface area contributed by atoms with E-state index in [0.717, 1.165) is 0 Å². The van der Waals surface area contributed by atoms with E-state index in [2.05, 4.69) is 0 Å². The minimum absolute atomic E-state index is 0.145. The normalized spacial score (nSPS) is 9.58. The molecule has 0 bridgehead atoms. The third-order valence-electron chi connectivity index (χ3n) is 1.27. The Morgan fingerprint density at radius 2 is 2.08 bits per heavy atom. The van der Waals surface area contributed by atoms with E-state index in [0.29, 0.717) is 5.02 Å². The molecule has 1 aromatic carbocycles. The Morgan fingerprint density at radius 3 is 2.67 bits per heavy atom. The van der Waals surface area contributed by atoms with Crippen molar-refractivity contribution in [2.75, 3.05) is 0 Å². The summed E-state index contributed by atoms with van der Waals surface area (Å²) in [7, 11) is 0. The minimum Gasteiger partial charge on any atom is -0.288 e. The Morgan fingerprint density at radius 1 is 1.42 bits per heavy atom. The number of hydrogen-bond acceptors (Lipinski definition) is 2. The summed E-state index contributed by atoms with van der Waals surface area (Å²) in [5, 5.41) is 8.93. The molecular formula is C7H5Cl2NO2. The molecule has 1 amide bonds. The van der Waals surface area contributed by atoms with Crippen LogP contribution in [0, 0.1) is 0 Å². The van der Waals surface area contributed by atoms with Crippen LogP contribution in [-0.4, -0.2) is 11.1 Å². The molecule has 0 radical (unpaired) electrons. The number of rotatable bonds is 1. The summed E-state index contributed by atoms with van der Waals surface area (Å²) in [6.07, 6.45) is 0. The van der Waals surface area contributed by atoms with Crippen LogP contribution in [0.2, 0.25) is 10.0 Å². The van der Waals surface area contributed by atoms with Gasteiger partial charge in [-0.15, -0.1) is 0 Å². The van der Waals surface area contributed by atoms with E-state index in [-0.39, 0.29) is 10.6 Å². The molecule has 0 aliphatic heterocycles. The van der Waals surface area contributed by atoms with Gasteiger partial charge in [-0.1, -0.05) is 23.2 Å². The summed E-state index contributed by atoms with van der Waals surface area (Å²) in [6, 6.07) is 4.40. The van der Waals surface area contributed by atoms with Crippen molar-refractivity contribution in [3.63, 3.8) is 0 Å². The van der Waals surface area contributed by atoms with E-state index in [1.54, 1.807) is 6.07 Å². The zero-order valence-corrected chi connectivity index (χ0v) is 7.36. The molecule has 0 saturated carbocycles. The molecule has 0 spiro atoms. The molecular weight excluding hydrogens is 201 g/mol. The quantitative estimate of drug-likeness (QED) is 0.546. The zero-order valence-electron chi connectivity index (χ0n) is 5.84. The number of hydrogen-bond donors (Lipinski definition) is 2. The average molecular weight is 206 g/mol. The van der Waals surface area contributed by atoms with E-state index >= 15 is 0 Å². The van der Waals surface area contributed by atoms with Crippen LogP contribution in [0.15, 0.2) is 18.2 Å². The number of amides is 1. The van der Waals surface area contributed by atoms with Crippen molar-refractivity contribution >= 4 is 29.1 Å². The van der Waals surface area contributed by atoms with Gasteiger partial charge in [0.2, 0.25) is 0 Å². The zero-order chi connectivity index (χ0) is 9.14. The standard InChI is InChI=1S/C7H5Cl2NO2/c8-4-1-2-6(9)5(3-4)7(11)10-12/h1-3,12H,(H,10,11). The molecule has 0 aromatic heterocycles. The van der Waals surface area contributed by atoms with E-state index in [9.17, 15) is 4.79 Å². The maximum atomic E-state index is 10.9. The molecule has 0 aliphatic carbocycles. The van der Waals surface area contributed by atoms with Crippen molar-refractivity contribution in [3.05, 3.63) is 33.8 Å². The molecule has 0 saturated heterocycles. The summed E-state index contributed by atoms with van der Waals surface area (Å²) < 4.78 is 0. The SMILES string of the molecule is O=C(NO)c1cc(Cl)ccc1Cl. The minimum atomic E-state index is -0.678. The molecule has 64 valence electrons. The number of carbonyl (C=O) groups is 1. The molecule has 0 atom stereocenters. The predicted octanol–water partition coefficient (Wildman–Crippen LogP) is 2.11. The third-order valence-corrected chi connectivity index (χ3v) is 1.84. The second kappa shape index (κ2) is 3.76. The summed E-state index contributed by atoms with van der Waals surface area (Å²) in [5.74, 6) is -0.678. The van der Waals surface area contributed by atoms with Gasteiger partial charge in [0, 0.05) is 5.02 Å². The number of halogens is 2. The van der Waals surface area contributed by atoms with Crippen LogP contribution >= 0.6 is 23.2 Å². The first-order valence-electron chi connectivity index (χ1n) is 3.04. The van der Waals surface area contributed by atoms with Crippen LogP contribution in [0.4, 0.5) is 0 Å². The van der Waals surface area contributed by atoms with Crippen molar-refractivity contribution in [1.29, 1.82) is 0 Å². The van der Waals surface area contributed by atoms with Gasteiger partial charge < -0.3 is 0 Å². The fourth-order valence-corrected chi connectivity index (χ4v) is 1.11. The second-order valence-electron chi connectivity index (χ2n) is 2.07. The molecule has 0 heterocycles. The van der Waals surface area contributed by atoms with Gasteiger partial charge in [0.1, 0.15) is 0 Å². The lowest BCUT2D eigenvalue weighted by atomic mass is 10.2. The Hall–Kier alpha value is -0.770. The number of nitrogens with one attached hydrogen (secondary N) is 1. The molecule has 0 unspecified atom stereocenters. The van der Waals surface area contributed by atoms with Crippen LogP contribution in [0.25, 0.3) is 0 Å². The lowest BCUT2D eigenvalue weighted by Gasteiger charge is -2.01. The van der Waals surface area contributed by atoms with E-state index in [1.807, 2.05) is 0 Å². The van der Waals surface area contributed by atoms with Crippen molar-refractivity contribution in [2.24, 2.45) is 0 Å². The van der Waals surface area contributed by atoms with E-state index in [4.69, 9.17) is 28.4 Å². The molecule has 0 fully saturated rings. The molecule has 3 nitrogen and oxygen atoms in total. The smallest absolute Gasteiger partial charge is 0.276 e. The Labute approximate surface area is 78.9 Å². The fraction of sp³-hybridized carbons (Fsp3) is 0. The van der Waals surface area contributed by atoms with Gasteiger partial charge in [-0.2, -0.15) is 0 Å². The predicted molar refractivity (Wildman–Crippen MR) is 45.7 cm³/mol. The Balaban J connectivity index is 3.13. The monoisotopic (exact) mass is 205 g/mol.